The van der Waals surface area contributed by atoms with Crippen LogP contribution < -0.4 is 0 Å². The highest BCUT2D eigenvalue weighted by molar-refractivity contribution is 6.33. The summed E-state index contributed by atoms with van der Waals surface area (Å²) in [6, 6.07) is 52.6. The van der Waals surface area contributed by atoms with Crippen molar-refractivity contribution in [2.24, 2.45) is 23.7 Å². The summed E-state index contributed by atoms with van der Waals surface area (Å²) in [7, 11) is 0. The molecule has 6 aliphatic carbocycles. The monoisotopic (exact) mass is 636 g/mol. The van der Waals surface area contributed by atoms with Gasteiger partial charge in [0.05, 0.1) is 5.41 Å². The van der Waals surface area contributed by atoms with Crippen LogP contribution in [0.2, 0.25) is 5.02 Å². The van der Waals surface area contributed by atoms with Crippen LogP contribution in [0.15, 0.2) is 140 Å². The van der Waals surface area contributed by atoms with E-state index < -0.39 is 5.41 Å². The van der Waals surface area contributed by atoms with Gasteiger partial charge in [-0.3, -0.25) is 0 Å². The highest BCUT2D eigenvalue weighted by Crippen LogP contribution is 2.69. The molecule has 0 nitrogen and oxygen atoms in total. The van der Waals surface area contributed by atoms with Crippen LogP contribution in [0.1, 0.15) is 65.5 Å². The van der Waals surface area contributed by atoms with Crippen LogP contribution in [0.4, 0.5) is 0 Å². The van der Waals surface area contributed by atoms with E-state index in [-0.39, 0.29) is 5.41 Å². The first-order valence-electron chi connectivity index (χ1n) is 18.0. The van der Waals surface area contributed by atoms with Gasteiger partial charge in [-0.25, -0.2) is 0 Å². The largest absolute Gasteiger partial charge is 0.0837 e. The molecule has 4 saturated carbocycles. The van der Waals surface area contributed by atoms with Gasteiger partial charge >= 0.3 is 0 Å². The molecule has 4 fully saturated rings. The lowest BCUT2D eigenvalue weighted by Gasteiger charge is -2.61. The first-order valence-corrected chi connectivity index (χ1v) is 18.3. The summed E-state index contributed by atoms with van der Waals surface area (Å²) in [5, 5.41) is 0.803. The zero-order valence-electron chi connectivity index (χ0n) is 27.0. The van der Waals surface area contributed by atoms with Gasteiger partial charge in [0.2, 0.25) is 0 Å². The fourth-order valence-corrected chi connectivity index (χ4v) is 12.2. The molecule has 0 N–H and O–H groups in total. The summed E-state index contributed by atoms with van der Waals surface area (Å²) >= 11 is 7.22. The van der Waals surface area contributed by atoms with Gasteiger partial charge in [0.15, 0.2) is 0 Å². The number of hydrogen-bond acceptors (Lipinski definition) is 0. The molecule has 4 bridgehead atoms. The molecule has 0 amide bonds. The molecule has 1 spiro atoms. The number of halogens is 1. The van der Waals surface area contributed by atoms with Gasteiger partial charge in [-0.1, -0.05) is 133 Å². The van der Waals surface area contributed by atoms with Gasteiger partial charge in [0.1, 0.15) is 0 Å². The van der Waals surface area contributed by atoms with Crippen LogP contribution in [-0.2, 0) is 10.8 Å². The molecule has 1 heteroatoms. The zero-order valence-corrected chi connectivity index (χ0v) is 27.8. The summed E-state index contributed by atoms with van der Waals surface area (Å²) in [6.07, 6.45) is 7.09. The summed E-state index contributed by atoms with van der Waals surface area (Å²) in [5.74, 6) is 3.42. The number of benzene rings is 6. The van der Waals surface area contributed by atoms with Crippen molar-refractivity contribution in [2.75, 3.05) is 0 Å². The molecule has 232 valence electrons. The predicted octanol–water partition coefficient (Wildman–Crippen LogP) is 12.1. The second kappa shape index (κ2) is 9.83. The third-order valence-corrected chi connectivity index (χ3v) is 13.8. The molecule has 0 heterocycles. The number of hydrogen-bond donors (Lipinski definition) is 0. The van der Waals surface area contributed by atoms with Crippen LogP contribution in [0.3, 0.4) is 0 Å². The number of rotatable bonds is 3. The van der Waals surface area contributed by atoms with E-state index >= 15 is 0 Å². The fraction of sp³-hybridized carbons (Fsp3) is 0.234. The predicted molar refractivity (Wildman–Crippen MR) is 197 cm³/mol. The van der Waals surface area contributed by atoms with Crippen molar-refractivity contribution in [1.29, 1.82) is 0 Å². The summed E-state index contributed by atoms with van der Waals surface area (Å²) in [4.78, 5) is 0. The molecule has 6 aliphatic rings. The molecule has 0 aromatic heterocycles. The van der Waals surface area contributed by atoms with Gasteiger partial charge in [-0.2, -0.15) is 0 Å². The van der Waals surface area contributed by atoms with Crippen molar-refractivity contribution < 1.29 is 0 Å². The minimum absolute atomic E-state index is 0.179. The molecule has 6 aromatic rings. The van der Waals surface area contributed by atoms with Crippen LogP contribution in [0.5, 0.6) is 0 Å². The van der Waals surface area contributed by atoms with E-state index in [1.807, 2.05) is 0 Å². The van der Waals surface area contributed by atoms with Crippen LogP contribution in [-0.4, -0.2) is 0 Å². The van der Waals surface area contributed by atoms with E-state index in [1.165, 1.54) is 82.2 Å². The Hall–Kier alpha value is -4.39. The molecule has 6 aromatic carbocycles. The Kier molecular flexibility index (Phi) is 5.64. The van der Waals surface area contributed by atoms with Gasteiger partial charge in [-0.15, -0.1) is 0 Å². The third kappa shape index (κ3) is 3.37. The lowest BCUT2D eigenvalue weighted by Crippen LogP contribution is -2.55. The lowest BCUT2D eigenvalue weighted by molar-refractivity contribution is -0.0399. The lowest BCUT2D eigenvalue weighted by atomic mass is 9.43. The highest BCUT2D eigenvalue weighted by atomic mass is 35.5. The van der Waals surface area contributed by atoms with E-state index in [2.05, 4.69) is 140 Å². The second-order valence-electron chi connectivity index (χ2n) is 15.4. The Morgan fingerprint density at radius 1 is 0.417 bits per heavy atom. The van der Waals surface area contributed by atoms with E-state index in [1.54, 1.807) is 11.1 Å². The van der Waals surface area contributed by atoms with Crippen molar-refractivity contribution in [1.82, 2.24) is 0 Å². The standard InChI is InChI=1S/C47H37Cl/c48-45-21-19-33(46(32-10-2-1-3-11-32)41-15-7-4-12-36(41)37-13-5-8-16-42(37)46)28-39(45)31-18-20-44-40(27-31)38-14-6-9-17-43(38)47(44)34-23-29-22-30(25-34)26-35(47)24-29/h1-21,27-30,34-35H,22-26H2. The van der Waals surface area contributed by atoms with E-state index in [4.69, 9.17) is 11.6 Å². The number of fused-ring (bicyclic) bond motifs is 6. The first-order chi connectivity index (χ1) is 23.7. The van der Waals surface area contributed by atoms with E-state index in [0.717, 1.165) is 34.3 Å². The third-order valence-electron chi connectivity index (χ3n) is 13.4. The summed E-state index contributed by atoms with van der Waals surface area (Å²) in [6.45, 7) is 0. The molecule has 12 rings (SSSR count). The summed E-state index contributed by atoms with van der Waals surface area (Å²) in [5.41, 5.74) is 15.9. The molecule has 0 unspecified atom stereocenters. The van der Waals surface area contributed by atoms with E-state index in [0.29, 0.717) is 0 Å². The van der Waals surface area contributed by atoms with Gasteiger partial charge in [0, 0.05) is 16.0 Å². The van der Waals surface area contributed by atoms with Crippen LogP contribution in [0, 0.1) is 23.7 Å². The Labute approximate surface area is 288 Å². The molecular formula is C47H37Cl. The van der Waals surface area contributed by atoms with Crippen molar-refractivity contribution in [2.45, 2.75) is 42.9 Å². The molecule has 0 saturated heterocycles. The van der Waals surface area contributed by atoms with Gasteiger partial charge < -0.3 is 0 Å². The maximum atomic E-state index is 7.22. The molecule has 0 aliphatic heterocycles. The maximum Gasteiger partial charge on any atom is 0.0713 e. The smallest absolute Gasteiger partial charge is 0.0713 e. The highest BCUT2D eigenvalue weighted by Gasteiger charge is 2.61. The van der Waals surface area contributed by atoms with Gasteiger partial charge in [0.25, 0.3) is 0 Å². The Bertz CT molecular complexity index is 2200. The Balaban J connectivity index is 1.13. The van der Waals surface area contributed by atoms with Crippen molar-refractivity contribution in [3.8, 4) is 33.4 Å². The van der Waals surface area contributed by atoms with Crippen molar-refractivity contribution in [3.05, 3.63) is 178 Å². The topological polar surface area (TPSA) is 0 Å². The second-order valence-corrected chi connectivity index (χ2v) is 15.8. The first kappa shape index (κ1) is 27.5. The van der Waals surface area contributed by atoms with E-state index in [9.17, 15) is 0 Å². The molecular weight excluding hydrogens is 600 g/mol. The zero-order chi connectivity index (χ0) is 31.6. The molecule has 0 radical (unpaired) electrons. The maximum absolute atomic E-state index is 7.22. The average molecular weight is 637 g/mol. The SMILES string of the molecule is Clc1ccc(C2(c3ccccc3)c3ccccc3-c3ccccc32)cc1-c1ccc2c(c1)-c1ccccc1C21C2CC3CC(C2)CC1C3. The fourth-order valence-electron chi connectivity index (χ4n) is 12.0. The quantitative estimate of drug-likeness (QED) is 0.181. The van der Waals surface area contributed by atoms with Crippen LogP contribution in [0.25, 0.3) is 33.4 Å². The molecule has 48 heavy (non-hydrogen) atoms. The van der Waals surface area contributed by atoms with Crippen molar-refractivity contribution >= 4 is 11.6 Å². The Morgan fingerprint density at radius 3 is 1.60 bits per heavy atom. The normalized spacial score (nSPS) is 26.3. The Morgan fingerprint density at radius 2 is 0.958 bits per heavy atom. The summed E-state index contributed by atoms with van der Waals surface area (Å²) < 4.78 is 0. The van der Waals surface area contributed by atoms with Crippen molar-refractivity contribution in [3.63, 3.8) is 0 Å². The van der Waals surface area contributed by atoms with Crippen LogP contribution >= 0.6 is 11.6 Å². The minimum atomic E-state index is -0.443. The minimum Gasteiger partial charge on any atom is -0.0837 e. The van der Waals surface area contributed by atoms with Gasteiger partial charge in [-0.05, 0) is 135 Å². The molecule has 0 atom stereocenters. The average Bonchev–Trinajstić information content (AvgIpc) is 3.59.